The van der Waals surface area contributed by atoms with Gasteiger partial charge in [-0.1, -0.05) is 20.3 Å². The van der Waals surface area contributed by atoms with Crippen molar-refractivity contribution in [1.82, 2.24) is 10.2 Å². The van der Waals surface area contributed by atoms with E-state index in [4.69, 9.17) is 0 Å². The summed E-state index contributed by atoms with van der Waals surface area (Å²) in [6, 6.07) is 0.903. The van der Waals surface area contributed by atoms with E-state index in [0.29, 0.717) is 29.5 Å². The van der Waals surface area contributed by atoms with E-state index in [0.717, 1.165) is 25.9 Å². The Morgan fingerprint density at radius 1 is 1.47 bits per heavy atom. The molecule has 2 heterocycles. The maximum atomic E-state index is 11.8. The minimum absolute atomic E-state index is 0.161. The van der Waals surface area contributed by atoms with Gasteiger partial charge in [0.15, 0.2) is 9.84 Å². The van der Waals surface area contributed by atoms with Gasteiger partial charge in [-0.25, -0.2) is 8.42 Å². The van der Waals surface area contributed by atoms with E-state index in [1.165, 1.54) is 0 Å². The van der Waals surface area contributed by atoms with Gasteiger partial charge in [-0.3, -0.25) is 4.90 Å². The first kappa shape index (κ1) is 15.3. The molecule has 0 spiro atoms. The molecule has 2 rings (SSSR count). The highest BCUT2D eigenvalue weighted by atomic mass is 32.2. The van der Waals surface area contributed by atoms with Gasteiger partial charge in [-0.15, -0.1) is 0 Å². The average molecular weight is 288 g/mol. The third-order valence-corrected chi connectivity index (χ3v) is 7.00. The van der Waals surface area contributed by atoms with Gasteiger partial charge in [0.25, 0.3) is 0 Å². The van der Waals surface area contributed by atoms with Crippen molar-refractivity contribution in [2.45, 2.75) is 58.2 Å². The molecule has 0 aromatic carbocycles. The molecule has 0 bridgehead atoms. The Labute approximate surface area is 117 Å². The van der Waals surface area contributed by atoms with Crippen molar-refractivity contribution in [2.75, 3.05) is 24.6 Å². The first-order valence-electron chi connectivity index (χ1n) is 7.48. The molecule has 0 radical (unpaired) electrons. The van der Waals surface area contributed by atoms with Gasteiger partial charge in [-0.2, -0.15) is 0 Å². The fourth-order valence-electron chi connectivity index (χ4n) is 3.53. The standard InChI is InChI=1S/C14H28N2O2S/c1-5-11(2)13-9-16(12(3)8-15-13)14(4)6-7-19(17,18)10-14/h11-13,15H,5-10H2,1-4H3. The van der Waals surface area contributed by atoms with E-state index in [9.17, 15) is 8.42 Å². The summed E-state index contributed by atoms with van der Waals surface area (Å²) in [4.78, 5) is 2.45. The number of hydrogen-bond acceptors (Lipinski definition) is 4. The number of nitrogens with one attached hydrogen (secondary N) is 1. The predicted octanol–water partition coefficient (Wildman–Crippen LogP) is 1.27. The summed E-state index contributed by atoms with van der Waals surface area (Å²) < 4.78 is 23.6. The zero-order chi connectivity index (χ0) is 14.3. The maximum Gasteiger partial charge on any atom is 0.152 e. The molecule has 0 saturated carbocycles. The molecular formula is C14H28N2O2S. The van der Waals surface area contributed by atoms with E-state index < -0.39 is 9.84 Å². The molecule has 0 amide bonds. The van der Waals surface area contributed by atoms with Crippen molar-refractivity contribution in [3.05, 3.63) is 0 Å². The fraction of sp³-hybridized carbons (Fsp3) is 1.00. The second-order valence-electron chi connectivity index (χ2n) is 6.74. The van der Waals surface area contributed by atoms with E-state index in [1.54, 1.807) is 0 Å². The molecule has 4 nitrogen and oxygen atoms in total. The molecule has 1 N–H and O–H groups in total. The van der Waals surface area contributed by atoms with Gasteiger partial charge in [0, 0.05) is 30.7 Å². The van der Waals surface area contributed by atoms with Crippen LogP contribution in [0.1, 0.15) is 40.5 Å². The van der Waals surface area contributed by atoms with Crippen LogP contribution in [-0.4, -0.2) is 55.5 Å². The van der Waals surface area contributed by atoms with Crippen LogP contribution in [0.15, 0.2) is 0 Å². The largest absolute Gasteiger partial charge is 0.311 e. The Hall–Kier alpha value is -0.130. The number of nitrogens with zero attached hydrogens (tertiary/aromatic N) is 1. The molecule has 4 atom stereocenters. The third-order valence-electron chi connectivity index (χ3n) is 5.11. The third kappa shape index (κ3) is 3.14. The van der Waals surface area contributed by atoms with E-state index in [2.05, 4.69) is 37.9 Å². The van der Waals surface area contributed by atoms with Crippen LogP contribution < -0.4 is 5.32 Å². The Morgan fingerprint density at radius 2 is 2.16 bits per heavy atom. The van der Waals surface area contributed by atoms with Crippen molar-refractivity contribution in [3.63, 3.8) is 0 Å². The van der Waals surface area contributed by atoms with E-state index in [-0.39, 0.29) is 5.54 Å². The smallest absolute Gasteiger partial charge is 0.152 e. The van der Waals surface area contributed by atoms with Gasteiger partial charge >= 0.3 is 0 Å². The SMILES string of the molecule is CCC(C)C1CN(C2(C)CCS(=O)(=O)C2)C(C)CN1. The summed E-state index contributed by atoms with van der Waals surface area (Å²) in [5.41, 5.74) is -0.161. The lowest BCUT2D eigenvalue weighted by Gasteiger charge is -2.48. The average Bonchev–Trinajstić information content (AvgIpc) is 2.64. The summed E-state index contributed by atoms with van der Waals surface area (Å²) in [5, 5.41) is 3.62. The second-order valence-corrected chi connectivity index (χ2v) is 8.92. The van der Waals surface area contributed by atoms with Gasteiger partial charge in [-0.05, 0) is 26.2 Å². The molecule has 0 aromatic rings. The van der Waals surface area contributed by atoms with Crippen LogP contribution >= 0.6 is 0 Å². The highest BCUT2D eigenvalue weighted by molar-refractivity contribution is 7.91. The molecule has 19 heavy (non-hydrogen) atoms. The first-order chi connectivity index (χ1) is 8.77. The lowest BCUT2D eigenvalue weighted by atomic mass is 9.90. The van der Waals surface area contributed by atoms with Crippen molar-refractivity contribution in [3.8, 4) is 0 Å². The van der Waals surface area contributed by atoms with E-state index in [1.807, 2.05) is 0 Å². The summed E-state index contributed by atoms with van der Waals surface area (Å²) in [6.45, 7) is 10.8. The molecule has 2 fully saturated rings. The number of hydrogen-bond donors (Lipinski definition) is 1. The highest BCUT2D eigenvalue weighted by Crippen LogP contribution is 2.33. The molecule has 112 valence electrons. The second kappa shape index (κ2) is 5.34. The molecule has 4 unspecified atom stereocenters. The monoisotopic (exact) mass is 288 g/mol. The number of piperazine rings is 1. The topological polar surface area (TPSA) is 49.4 Å². The van der Waals surface area contributed by atoms with Gasteiger partial charge in [0.05, 0.1) is 11.5 Å². The summed E-state index contributed by atoms with van der Waals surface area (Å²) in [7, 11) is -2.83. The molecule has 5 heteroatoms. The van der Waals surface area contributed by atoms with Crippen LogP contribution in [0.2, 0.25) is 0 Å². The molecule has 2 saturated heterocycles. The van der Waals surface area contributed by atoms with Crippen LogP contribution in [-0.2, 0) is 9.84 Å². The van der Waals surface area contributed by atoms with Crippen LogP contribution in [0.3, 0.4) is 0 Å². The molecule has 2 aliphatic rings. The van der Waals surface area contributed by atoms with Crippen LogP contribution in [0.5, 0.6) is 0 Å². The molecule has 2 aliphatic heterocycles. The van der Waals surface area contributed by atoms with Crippen molar-refractivity contribution >= 4 is 9.84 Å². The lowest BCUT2D eigenvalue weighted by Crippen LogP contribution is -2.64. The zero-order valence-corrected chi connectivity index (χ0v) is 13.5. The van der Waals surface area contributed by atoms with Crippen LogP contribution in [0, 0.1) is 5.92 Å². The fourth-order valence-corrected chi connectivity index (χ4v) is 5.68. The summed E-state index contributed by atoms with van der Waals surface area (Å²) in [5.74, 6) is 1.32. The van der Waals surface area contributed by atoms with Gasteiger partial charge in [0.2, 0.25) is 0 Å². The predicted molar refractivity (Wildman–Crippen MR) is 79.1 cm³/mol. The van der Waals surface area contributed by atoms with E-state index >= 15 is 0 Å². The number of rotatable bonds is 3. The summed E-state index contributed by atoms with van der Waals surface area (Å²) >= 11 is 0. The number of sulfone groups is 1. The van der Waals surface area contributed by atoms with Crippen molar-refractivity contribution < 1.29 is 8.42 Å². The zero-order valence-electron chi connectivity index (χ0n) is 12.6. The molecular weight excluding hydrogens is 260 g/mol. The minimum atomic E-state index is -2.83. The maximum absolute atomic E-state index is 11.8. The normalized spacial score (nSPS) is 41.3. The Morgan fingerprint density at radius 3 is 2.68 bits per heavy atom. The summed E-state index contributed by atoms with van der Waals surface area (Å²) in [6.07, 6.45) is 1.95. The van der Waals surface area contributed by atoms with Crippen molar-refractivity contribution in [2.24, 2.45) is 5.92 Å². The minimum Gasteiger partial charge on any atom is -0.311 e. The Balaban J connectivity index is 2.13. The highest BCUT2D eigenvalue weighted by Gasteiger charge is 2.46. The molecule has 0 aliphatic carbocycles. The first-order valence-corrected chi connectivity index (χ1v) is 9.30. The van der Waals surface area contributed by atoms with Crippen LogP contribution in [0.25, 0.3) is 0 Å². The van der Waals surface area contributed by atoms with Crippen molar-refractivity contribution in [1.29, 1.82) is 0 Å². The van der Waals surface area contributed by atoms with Gasteiger partial charge < -0.3 is 5.32 Å². The lowest BCUT2D eigenvalue weighted by molar-refractivity contribution is 0.0316. The Bertz CT molecular complexity index is 423. The molecule has 0 aromatic heterocycles. The quantitative estimate of drug-likeness (QED) is 0.850. The van der Waals surface area contributed by atoms with Crippen LogP contribution in [0.4, 0.5) is 0 Å². The Kier molecular flexibility index (Phi) is 4.29. The van der Waals surface area contributed by atoms with Gasteiger partial charge in [0.1, 0.15) is 0 Å².